The number of amides is 1. The molecule has 1 saturated heterocycles. The van der Waals surface area contributed by atoms with Gasteiger partial charge in [0.05, 0.1) is 18.1 Å². The van der Waals surface area contributed by atoms with Crippen LogP contribution in [0.1, 0.15) is 75.6 Å². The average molecular weight is 520 g/mol. The number of carbonyl (C=O) groups is 1. The Labute approximate surface area is 228 Å². The normalized spacial score (nSPS) is 13.8. The molecule has 4 rings (SSSR count). The number of rotatable bonds is 15. The lowest BCUT2D eigenvalue weighted by Gasteiger charge is -2.22. The number of anilines is 2. The molecule has 7 heteroatoms. The maximum Gasteiger partial charge on any atom is 0.253 e. The number of hydrogen-bond donors (Lipinski definition) is 1. The first kappa shape index (κ1) is 28.0. The van der Waals surface area contributed by atoms with Crippen molar-refractivity contribution in [3.05, 3.63) is 48.0 Å². The van der Waals surface area contributed by atoms with E-state index in [0.29, 0.717) is 0 Å². The number of carbonyl (C=O) groups excluding carboxylic acids is 1. The van der Waals surface area contributed by atoms with Crippen LogP contribution in [0.15, 0.2) is 42.5 Å². The molecule has 1 aromatic heterocycles. The summed E-state index contributed by atoms with van der Waals surface area (Å²) in [7, 11) is 1.68. The van der Waals surface area contributed by atoms with E-state index in [1.54, 1.807) is 7.11 Å². The van der Waals surface area contributed by atoms with E-state index < -0.39 is 0 Å². The molecule has 7 nitrogen and oxygen atoms in total. The standard InChI is InChI=1S/C31H45N5O2/c1-4-6-21-35(22-7-5-2)30(37)25-12-17-28-29(24-25)36(23-11-10-20-34-18-8-9-19-34)31(33-28)32-26-13-15-27(38-3)16-14-26/h12-17,24H,4-11,18-23H2,1-3H3,(H,32,33). The van der Waals surface area contributed by atoms with Crippen LogP contribution in [-0.2, 0) is 6.54 Å². The van der Waals surface area contributed by atoms with Crippen LogP contribution in [0.5, 0.6) is 5.75 Å². The summed E-state index contributed by atoms with van der Waals surface area (Å²) in [4.78, 5) is 23.1. The van der Waals surface area contributed by atoms with E-state index >= 15 is 0 Å². The number of aryl methyl sites for hydroxylation is 1. The number of nitrogens with one attached hydrogen (secondary N) is 1. The first-order valence-electron chi connectivity index (χ1n) is 14.6. The minimum Gasteiger partial charge on any atom is -0.497 e. The zero-order valence-electron chi connectivity index (χ0n) is 23.5. The molecular weight excluding hydrogens is 474 g/mol. The zero-order chi connectivity index (χ0) is 26.7. The highest BCUT2D eigenvalue weighted by Gasteiger charge is 2.19. The predicted molar refractivity (Wildman–Crippen MR) is 157 cm³/mol. The van der Waals surface area contributed by atoms with Crippen molar-refractivity contribution in [3.8, 4) is 5.75 Å². The highest BCUT2D eigenvalue weighted by atomic mass is 16.5. The van der Waals surface area contributed by atoms with Gasteiger partial charge in [-0.1, -0.05) is 26.7 Å². The number of benzene rings is 2. The number of likely N-dealkylation sites (tertiary alicyclic amines) is 1. The lowest BCUT2D eigenvalue weighted by atomic mass is 10.1. The minimum atomic E-state index is 0.125. The summed E-state index contributed by atoms with van der Waals surface area (Å²) < 4.78 is 7.57. The molecule has 1 aliphatic heterocycles. The fourth-order valence-corrected chi connectivity index (χ4v) is 5.19. The molecule has 2 aromatic carbocycles. The predicted octanol–water partition coefficient (Wildman–Crippen LogP) is 6.71. The largest absolute Gasteiger partial charge is 0.497 e. The van der Waals surface area contributed by atoms with Crippen molar-refractivity contribution in [1.29, 1.82) is 0 Å². The smallest absolute Gasteiger partial charge is 0.253 e. The second-order valence-corrected chi connectivity index (χ2v) is 10.4. The number of fused-ring (bicyclic) bond motifs is 1. The van der Waals surface area contributed by atoms with E-state index in [9.17, 15) is 4.79 Å². The average Bonchev–Trinajstić information content (AvgIpc) is 3.58. The summed E-state index contributed by atoms with van der Waals surface area (Å²) in [5, 5.41) is 3.51. The quantitative estimate of drug-likeness (QED) is 0.226. The summed E-state index contributed by atoms with van der Waals surface area (Å²) in [5.74, 6) is 1.76. The molecule has 0 saturated carbocycles. The molecular formula is C31H45N5O2. The Morgan fingerprint density at radius 2 is 1.63 bits per heavy atom. The van der Waals surface area contributed by atoms with E-state index in [2.05, 4.69) is 34.7 Å². The number of imidazole rings is 1. The SMILES string of the molecule is CCCCN(CCCC)C(=O)c1ccc2nc(Nc3ccc(OC)cc3)n(CCCCN3CCCC3)c2c1. The van der Waals surface area contributed by atoms with Gasteiger partial charge >= 0.3 is 0 Å². The van der Waals surface area contributed by atoms with E-state index in [4.69, 9.17) is 9.72 Å². The maximum absolute atomic E-state index is 13.5. The molecule has 0 bridgehead atoms. The van der Waals surface area contributed by atoms with Crippen LogP contribution in [0.2, 0.25) is 0 Å². The van der Waals surface area contributed by atoms with E-state index in [0.717, 1.165) is 98.7 Å². The fraction of sp³-hybridized carbons (Fsp3) is 0.548. The molecule has 1 amide bonds. The Morgan fingerprint density at radius 1 is 0.947 bits per heavy atom. The van der Waals surface area contributed by atoms with Crippen LogP contribution in [0, 0.1) is 0 Å². The van der Waals surface area contributed by atoms with Gasteiger partial charge in [0.15, 0.2) is 0 Å². The summed E-state index contributed by atoms with van der Waals surface area (Å²) in [6.45, 7) is 10.5. The number of nitrogens with zero attached hydrogens (tertiary/aromatic N) is 4. The molecule has 0 radical (unpaired) electrons. The fourth-order valence-electron chi connectivity index (χ4n) is 5.19. The number of ether oxygens (including phenoxy) is 1. The van der Waals surface area contributed by atoms with Crippen molar-refractivity contribution in [2.45, 2.75) is 71.8 Å². The monoisotopic (exact) mass is 519 g/mol. The molecule has 206 valence electrons. The number of hydrogen-bond acceptors (Lipinski definition) is 5. The van der Waals surface area contributed by atoms with Crippen molar-refractivity contribution in [1.82, 2.24) is 19.4 Å². The third-order valence-electron chi connectivity index (χ3n) is 7.50. The molecule has 2 heterocycles. The summed E-state index contributed by atoms with van der Waals surface area (Å²) in [6.07, 6.45) is 9.10. The molecule has 0 aliphatic carbocycles. The van der Waals surface area contributed by atoms with Gasteiger partial charge in [-0.25, -0.2) is 4.98 Å². The van der Waals surface area contributed by atoms with E-state index in [-0.39, 0.29) is 5.91 Å². The Bertz CT molecular complexity index is 1140. The first-order chi connectivity index (χ1) is 18.6. The van der Waals surface area contributed by atoms with E-state index in [1.165, 1.54) is 25.9 Å². The van der Waals surface area contributed by atoms with Crippen molar-refractivity contribution < 1.29 is 9.53 Å². The third kappa shape index (κ3) is 7.28. The maximum atomic E-state index is 13.5. The Balaban J connectivity index is 1.58. The lowest BCUT2D eigenvalue weighted by Crippen LogP contribution is -2.33. The van der Waals surface area contributed by atoms with Gasteiger partial charge in [0.2, 0.25) is 5.95 Å². The molecule has 1 aliphatic rings. The number of methoxy groups -OCH3 is 1. The van der Waals surface area contributed by atoms with Crippen LogP contribution in [0.4, 0.5) is 11.6 Å². The van der Waals surface area contributed by atoms with Crippen LogP contribution in [0.25, 0.3) is 11.0 Å². The molecule has 3 aromatic rings. The zero-order valence-corrected chi connectivity index (χ0v) is 23.5. The van der Waals surface area contributed by atoms with Gasteiger partial charge in [0.1, 0.15) is 5.75 Å². The summed E-state index contributed by atoms with van der Waals surface area (Å²) >= 11 is 0. The highest BCUT2D eigenvalue weighted by molar-refractivity contribution is 5.98. The summed E-state index contributed by atoms with van der Waals surface area (Å²) in [6, 6.07) is 13.9. The summed E-state index contributed by atoms with van der Waals surface area (Å²) in [5.41, 5.74) is 3.63. The highest BCUT2D eigenvalue weighted by Crippen LogP contribution is 2.26. The van der Waals surface area contributed by atoms with Crippen molar-refractivity contribution >= 4 is 28.6 Å². The van der Waals surface area contributed by atoms with Gasteiger partial charge < -0.3 is 24.4 Å². The van der Waals surface area contributed by atoms with Gasteiger partial charge in [-0.15, -0.1) is 0 Å². The topological polar surface area (TPSA) is 62.6 Å². The van der Waals surface area contributed by atoms with Crippen LogP contribution in [-0.4, -0.2) is 65.1 Å². The van der Waals surface area contributed by atoms with Crippen molar-refractivity contribution in [2.24, 2.45) is 0 Å². The molecule has 0 atom stereocenters. The second kappa shape index (κ2) is 14.2. The number of unbranched alkanes of at least 4 members (excludes halogenated alkanes) is 3. The molecule has 38 heavy (non-hydrogen) atoms. The van der Waals surface area contributed by atoms with Gasteiger partial charge in [-0.05, 0) is 101 Å². The third-order valence-corrected chi connectivity index (χ3v) is 7.50. The Morgan fingerprint density at radius 3 is 2.29 bits per heavy atom. The molecule has 0 unspecified atom stereocenters. The Kier molecular flexibility index (Phi) is 10.4. The first-order valence-corrected chi connectivity index (χ1v) is 14.6. The molecule has 1 fully saturated rings. The van der Waals surface area contributed by atoms with Crippen LogP contribution in [0.3, 0.4) is 0 Å². The van der Waals surface area contributed by atoms with E-state index in [1.807, 2.05) is 41.3 Å². The van der Waals surface area contributed by atoms with Gasteiger partial charge in [0, 0.05) is 30.9 Å². The van der Waals surface area contributed by atoms with Crippen LogP contribution >= 0.6 is 0 Å². The second-order valence-electron chi connectivity index (χ2n) is 10.4. The van der Waals surface area contributed by atoms with Gasteiger partial charge in [-0.2, -0.15) is 0 Å². The van der Waals surface area contributed by atoms with Crippen molar-refractivity contribution in [2.75, 3.05) is 45.2 Å². The van der Waals surface area contributed by atoms with Gasteiger partial charge in [-0.3, -0.25) is 4.79 Å². The van der Waals surface area contributed by atoms with Crippen LogP contribution < -0.4 is 10.1 Å². The molecule has 0 spiro atoms. The number of aromatic nitrogens is 2. The minimum absolute atomic E-state index is 0.125. The lowest BCUT2D eigenvalue weighted by molar-refractivity contribution is 0.0751. The Hall–Kier alpha value is -3.06. The van der Waals surface area contributed by atoms with Crippen molar-refractivity contribution in [3.63, 3.8) is 0 Å². The molecule has 1 N–H and O–H groups in total. The van der Waals surface area contributed by atoms with Gasteiger partial charge in [0.25, 0.3) is 5.91 Å².